The van der Waals surface area contributed by atoms with Crippen LogP contribution < -0.4 is 0 Å². The zero-order valence-corrected chi connectivity index (χ0v) is 9.65. The summed E-state index contributed by atoms with van der Waals surface area (Å²) < 4.78 is 13.0. The number of pyridine rings is 1. The van der Waals surface area contributed by atoms with Gasteiger partial charge in [0.05, 0.1) is 11.8 Å². The van der Waals surface area contributed by atoms with Crippen molar-refractivity contribution in [3.8, 4) is 5.75 Å². The number of hydrogen-bond acceptors (Lipinski definition) is 5. The van der Waals surface area contributed by atoms with Crippen molar-refractivity contribution in [1.29, 1.82) is 0 Å². The lowest BCUT2D eigenvalue weighted by Gasteiger charge is -1.97. The maximum atomic E-state index is 13.0. The number of aromatic hydroxyl groups is 1. The lowest BCUT2D eigenvalue weighted by Crippen LogP contribution is -2.01. The number of halogens is 1. The van der Waals surface area contributed by atoms with E-state index in [-0.39, 0.29) is 5.56 Å². The van der Waals surface area contributed by atoms with Crippen molar-refractivity contribution < 1.29 is 19.1 Å². The Morgan fingerprint density at radius 1 is 1.42 bits per heavy atom. The summed E-state index contributed by atoms with van der Waals surface area (Å²) in [6, 6.07) is 6.80. The van der Waals surface area contributed by atoms with Crippen LogP contribution in [0.3, 0.4) is 0 Å². The quantitative estimate of drug-likeness (QED) is 0.521. The Balaban J connectivity index is 2.00. The predicted octanol–water partition coefficient (Wildman–Crippen LogP) is 2.12. The Hall–Kier alpha value is -2.76. The van der Waals surface area contributed by atoms with Crippen LogP contribution in [0, 0.1) is 5.82 Å². The van der Waals surface area contributed by atoms with Crippen molar-refractivity contribution >= 4 is 12.2 Å². The third-order valence-electron chi connectivity index (χ3n) is 2.21. The largest absolute Gasteiger partial charge is 0.505 e. The zero-order valence-electron chi connectivity index (χ0n) is 9.65. The molecular weight excluding hydrogens is 251 g/mol. The molecule has 1 N–H and O–H groups in total. The van der Waals surface area contributed by atoms with Gasteiger partial charge in [-0.05, 0) is 35.9 Å². The van der Waals surface area contributed by atoms with Crippen LogP contribution in [0.5, 0.6) is 5.75 Å². The smallest absolute Gasteiger partial charge is 0.367 e. The van der Waals surface area contributed by atoms with E-state index in [1.165, 1.54) is 30.6 Å². The van der Waals surface area contributed by atoms with E-state index in [2.05, 4.69) is 15.0 Å². The van der Waals surface area contributed by atoms with Crippen molar-refractivity contribution in [3.05, 3.63) is 59.7 Å². The maximum Gasteiger partial charge on any atom is 0.367 e. The summed E-state index contributed by atoms with van der Waals surface area (Å²) in [5, 5.41) is 12.4. The number of benzene rings is 1. The normalized spacial score (nSPS) is 10.6. The molecule has 0 aliphatic heterocycles. The molecule has 1 aromatic carbocycles. The highest BCUT2D eigenvalue weighted by molar-refractivity contribution is 5.89. The molecule has 2 rings (SSSR count). The highest BCUT2D eigenvalue weighted by atomic mass is 19.1. The fourth-order valence-corrected chi connectivity index (χ4v) is 1.27. The predicted molar refractivity (Wildman–Crippen MR) is 65.3 cm³/mol. The van der Waals surface area contributed by atoms with E-state index in [1.807, 2.05) is 0 Å². The number of phenols is 1. The van der Waals surface area contributed by atoms with Crippen molar-refractivity contribution in [2.24, 2.45) is 5.16 Å². The van der Waals surface area contributed by atoms with Gasteiger partial charge in [0.1, 0.15) is 0 Å². The van der Waals surface area contributed by atoms with Gasteiger partial charge >= 0.3 is 5.97 Å². The maximum absolute atomic E-state index is 13.0. The Labute approximate surface area is 108 Å². The van der Waals surface area contributed by atoms with E-state index in [4.69, 9.17) is 5.11 Å². The second-order valence-corrected chi connectivity index (χ2v) is 3.57. The van der Waals surface area contributed by atoms with Gasteiger partial charge in [-0.25, -0.2) is 9.18 Å². The van der Waals surface area contributed by atoms with Crippen LogP contribution in [0.4, 0.5) is 4.39 Å². The van der Waals surface area contributed by atoms with Gasteiger partial charge in [-0.3, -0.25) is 4.98 Å². The van der Waals surface area contributed by atoms with Crippen LogP contribution in [0.1, 0.15) is 15.9 Å². The number of carbonyl (C=O) groups is 1. The molecule has 0 unspecified atom stereocenters. The minimum atomic E-state index is -0.775. The Morgan fingerprint density at radius 2 is 2.26 bits per heavy atom. The van der Waals surface area contributed by atoms with Gasteiger partial charge in [0.25, 0.3) is 0 Å². The van der Waals surface area contributed by atoms with Crippen LogP contribution in [0.15, 0.2) is 47.9 Å². The first-order valence-electron chi connectivity index (χ1n) is 5.30. The Bertz CT molecular complexity index is 615. The van der Waals surface area contributed by atoms with Crippen LogP contribution in [0.2, 0.25) is 0 Å². The van der Waals surface area contributed by atoms with Gasteiger partial charge in [0.2, 0.25) is 0 Å². The summed E-state index contributed by atoms with van der Waals surface area (Å²) in [5.74, 6) is -1.89. The topological polar surface area (TPSA) is 71.8 Å². The number of rotatable bonds is 3. The molecule has 5 nitrogen and oxygen atoms in total. The number of nitrogens with zero attached hydrogens (tertiary/aromatic N) is 2. The van der Waals surface area contributed by atoms with E-state index in [9.17, 15) is 9.18 Å². The fourth-order valence-electron chi connectivity index (χ4n) is 1.27. The van der Waals surface area contributed by atoms with E-state index in [0.717, 1.165) is 12.3 Å². The molecule has 0 bridgehead atoms. The second kappa shape index (κ2) is 5.72. The van der Waals surface area contributed by atoms with E-state index in [0.29, 0.717) is 5.56 Å². The van der Waals surface area contributed by atoms with Crippen molar-refractivity contribution in [2.45, 2.75) is 0 Å². The molecule has 19 heavy (non-hydrogen) atoms. The highest BCUT2D eigenvalue weighted by Crippen LogP contribution is 2.15. The summed E-state index contributed by atoms with van der Waals surface area (Å²) in [6.45, 7) is 0. The lowest BCUT2D eigenvalue weighted by molar-refractivity contribution is 0.0518. The second-order valence-electron chi connectivity index (χ2n) is 3.57. The summed E-state index contributed by atoms with van der Waals surface area (Å²) in [4.78, 5) is 19.8. The van der Waals surface area contributed by atoms with E-state index >= 15 is 0 Å². The zero-order chi connectivity index (χ0) is 13.7. The molecule has 6 heteroatoms. The van der Waals surface area contributed by atoms with Crippen molar-refractivity contribution in [2.75, 3.05) is 0 Å². The summed E-state index contributed by atoms with van der Waals surface area (Å²) in [5.41, 5.74) is 0.617. The monoisotopic (exact) mass is 260 g/mol. The molecule has 1 aromatic heterocycles. The number of phenolic OH excluding ortho intramolecular Hbond substituents is 1. The van der Waals surface area contributed by atoms with Gasteiger partial charge in [-0.2, -0.15) is 0 Å². The minimum Gasteiger partial charge on any atom is -0.505 e. The van der Waals surface area contributed by atoms with Crippen LogP contribution in [-0.2, 0) is 4.84 Å². The SMILES string of the molecule is O=C(O/N=C/c1ccc(O)c(F)c1)c1cccnc1. The molecule has 2 aromatic rings. The number of oxime groups is 1. The number of carbonyl (C=O) groups excluding carboxylic acids is 1. The molecule has 0 aliphatic rings. The summed E-state index contributed by atoms with van der Waals surface area (Å²) in [7, 11) is 0. The number of hydrogen-bond donors (Lipinski definition) is 1. The van der Waals surface area contributed by atoms with Crippen LogP contribution in [0.25, 0.3) is 0 Å². The van der Waals surface area contributed by atoms with Crippen molar-refractivity contribution in [1.82, 2.24) is 4.98 Å². The average molecular weight is 260 g/mol. The van der Waals surface area contributed by atoms with Gasteiger partial charge in [0.15, 0.2) is 11.6 Å². The standard InChI is InChI=1S/C13H9FN2O3/c14-11-6-9(3-4-12(11)17)7-16-19-13(18)10-2-1-5-15-8-10/h1-8,17H/b16-7+. The molecule has 96 valence electrons. The molecule has 0 fully saturated rings. The van der Waals surface area contributed by atoms with E-state index < -0.39 is 17.5 Å². The van der Waals surface area contributed by atoms with Gasteiger partial charge in [-0.1, -0.05) is 5.16 Å². The molecule has 0 aliphatic carbocycles. The van der Waals surface area contributed by atoms with Crippen LogP contribution >= 0.6 is 0 Å². The third kappa shape index (κ3) is 3.35. The average Bonchev–Trinajstić information content (AvgIpc) is 2.43. The first kappa shape index (κ1) is 12.7. The van der Waals surface area contributed by atoms with Crippen molar-refractivity contribution in [3.63, 3.8) is 0 Å². The first-order chi connectivity index (χ1) is 9.16. The Kier molecular flexibility index (Phi) is 3.82. The molecule has 0 saturated heterocycles. The van der Waals surface area contributed by atoms with E-state index in [1.54, 1.807) is 6.07 Å². The first-order valence-corrected chi connectivity index (χ1v) is 5.30. The summed E-state index contributed by atoms with van der Waals surface area (Å²) >= 11 is 0. The molecule has 0 radical (unpaired) electrons. The lowest BCUT2D eigenvalue weighted by atomic mass is 10.2. The molecule has 0 atom stereocenters. The Morgan fingerprint density at radius 3 is 2.95 bits per heavy atom. The van der Waals surface area contributed by atoms with Crippen LogP contribution in [-0.4, -0.2) is 22.3 Å². The third-order valence-corrected chi connectivity index (χ3v) is 2.21. The molecular formula is C13H9FN2O3. The summed E-state index contributed by atoms with van der Waals surface area (Å²) in [6.07, 6.45) is 4.04. The fraction of sp³-hybridized carbons (Fsp3) is 0. The minimum absolute atomic E-state index is 0.261. The van der Waals surface area contributed by atoms with Gasteiger partial charge in [0, 0.05) is 12.4 Å². The molecule has 0 spiro atoms. The number of aromatic nitrogens is 1. The molecule has 0 amide bonds. The van der Waals surface area contributed by atoms with Gasteiger partial charge in [-0.15, -0.1) is 0 Å². The molecule has 0 saturated carbocycles. The highest BCUT2D eigenvalue weighted by Gasteiger charge is 2.05. The van der Waals surface area contributed by atoms with Gasteiger partial charge < -0.3 is 9.94 Å². The molecule has 1 heterocycles.